The topological polar surface area (TPSA) is 17.1 Å². The highest BCUT2D eigenvalue weighted by atomic mass is 16.1. The molecule has 1 nitrogen and oxygen atoms in total. The van der Waals surface area contributed by atoms with Crippen LogP contribution in [-0.4, -0.2) is 5.78 Å². The van der Waals surface area contributed by atoms with E-state index < -0.39 is 0 Å². The van der Waals surface area contributed by atoms with Gasteiger partial charge in [0.1, 0.15) is 5.78 Å². The predicted octanol–water partition coefficient (Wildman–Crippen LogP) is 3.82. The second kappa shape index (κ2) is 3.36. The summed E-state index contributed by atoms with van der Waals surface area (Å²) in [7, 11) is 0. The van der Waals surface area contributed by atoms with Gasteiger partial charge in [-0.25, -0.2) is 0 Å². The molecule has 0 aromatic heterocycles. The first-order valence-corrected chi connectivity index (χ1v) is 7.73. The van der Waals surface area contributed by atoms with Gasteiger partial charge in [-0.2, -0.15) is 0 Å². The van der Waals surface area contributed by atoms with Crippen molar-refractivity contribution < 1.29 is 4.79 Å². The Bertz CT molecular complexity index is 321. The summed E-state index contributed by atoms with van der Waals surface area (Å²) in [4.78, 5) is 11.8. The normalized spacial score (nSPS) is 56.1. The third-order valence-corrected chi connectivity index (χ3v) is 6.63. The molecule has 2 unspecified atom stereocenters. The van der Waals surface area contributed by atoms with E-state index in [2.05, 4.69) is 6.92 Å². The molecule has 0 aromatic rings. The highest BCUT2D eigenvalue weighted by Gasteiger charge is 2.59. The van der Waals surface area contributed by atoms with E-state index >= 15 is 0 Å². The Hall–Kier alpha value is -0.330. The molecular weight excluding hydrogens is 208 g/mol. The van der Waals surface area contributed by atoms with Crippen molar-refractivity contribution in [3.05, 3.63) is 0 Å². The van der Waals surface area contributed by atoms with E-state index in [0.717, 1.165) is 36.5 Å². The zero-order valence-electron chi connectivity index (χ0n) is 11.0. The molecule has 0 amide bonds. The van der Waals surface area contributed by atoms with E-state index in [1.54, 1.807) is 0 Å². The molecule has 0 radical (unpaired) electrons. The minimum absolute atomic E-state index is 0.450. The molecule has 0 saturated heterocycles. The summed E-state index contributed by atoms with van der Waals surface area (Å²) in [5, 5.41) is 0. The maximum atomic E-state index is 11.8. The van der Waals surface area contributed by atoms with Crippen LogP contribution >= 0.6 is 0 Å². The van der Waals surface area contributed by atoms with Gasteiger partial charge in [0, 0.05) is 12.3 Å². The number of rotatable bonds is 2. The van der Waals surface area contributed by atoms with Crippen LogP contribution in [0.1, 0.15) is 58.3 Å². The maximum absolute atomic E-state index is 11.8. The highest BCUT2D eigenvalue weighted by Crippen LogP contribution is 2.66. The molecule has 5 aliphatic carbocycles. The quantitative estimate of drug-likeness (QED) is 0.707. The molecule has 2 atom stereocenters. The number of Topliss-reactive ketones (excluding diaryl/α,β-unsaturated/α-hetero) is 1. The largest absolute Gasteiger partial charge is 0.299 e. The lowest BCUT2D eigenvalue weighted by Gasteiger charge is -2.62. The van der Waals surface area contributed by atoms with Gasteiger partial charge in [0.2, 0.25) is 0 Å². The number of ketones is 1. The van der Waals surface area contributed by atoms with Gasteiger partial charge in [0.05, 0.1) is 0 Å². The molecule has 5 aliphatic rings. The predicted molar refractivity (Wildman–Crippen MR) is 67.5 cm³/mol. The smallest absolute Gasteiger partial charge is 0.136 e. The van der Waals surface area contributed by atoms with Crippen molar-refractivity contribution in [1.29, 1.82) is 0 Å². The molecular formula is C16H24O. The van der Waals surface area contributed by atoms with Gasteiger partial charge in [-0.1, -0.05) is 6.92 Å². The Morgan fingerprint density at radius 3 is 2.00 bits per heavy atom. The fraction of sp³-hybridized carbons (Fsp3) is 0.938. The van der Waals surface area contributed by atoms with Crippen LogP contribution in [-0.2, 0) is 4.79 Å². The summed E-state index contributed by atoms with van der Waals surface area (Å²) in [5.41, 5.74) is 0.628. The van der Waals surface area contributed by atoms with Crippen LogP contribution in [0.5, 0.6) is 0 Å². The van der Waals surface area contributed by atoms with Crippen molar-refractivity contribution in [2.24, 2.45) is 35.0 Å². The van der Waals surface area contributed by atoms with E-state index in [4.69, 9.17) is 0 Å². The van der Waals surface area contributed by atoms with Gasteiger partial charge in [0.15, 0.2) is 0 Å². The summed E-state index contributed by atoms with van der Waals surface area (Å²) in [5.74, 6) is 4.92. The monoisotopic (exact) mass is 232 g/mol. The Kier molecular flexibility index (Phi) is 2.09. The van der Waals surface area contributed by atoms with Gasteiger partial charge < -0.3 is 0 Å². The molecule has 5 saturated carbocycles. The third kappa shape index (κ3) is 1.34. The number of hydrogen-bond donors (Lipinski definition) is 0. The second-order valence-corrected chi connectivity index (χ2v) is 7.57. The summed E-state index contributed by atoms with van der Waals surface area (Å²) < 4.78 is 0. The van der Waals surface area contributed by atoms with Crippen LogP contribution in [0.25, 0.3) is 0 Å². The molecule has 0 spiro atoms. The summed E-state index contributed by atoms with van der Waals surface area (Å²) in [6, 6.07) is 0. The molecule has 4 bridgehead atoms. The van der Waals surface area contributed by atoms with Crippen molar-refractivity contribution in [3.8, 4) is 0 Å². The molecule has 0 N–H and O–H groups in total. The lowest BCUT2D eigenvalue weighted by Crippen LogP contribution is -2.56. The van der Waals surface area contributed by atoms with Crippen LogP contribution in [0, 0.1) is 35.0 Å². The first kappa shape index (κ1) is 10.6. The Labute approximate surface area is 104 Å². The molecule has 94 valence electrons. The van der Waals surface area contributed by atoms with Gasteiger partial charge in [-0.05, 0) is 74.0 Å². The van der Waals surface area contributed by atoms with Crippen molar-refractivity contribution >= 4 is 5.78 Å². The third-order valence-electron chi connectivity index (χ3n) is 6.63. The molecule has 5 fully saturated rings. The Balaban J connectivity index is 1.62. The first-order valence-electron chi connectivity index (χ1n) is 7.73. The summed E-state index contributed by atoms with van der Waals surface area (Å²) in [6.07, 6.45) is 11.0. The molecule has 1 heteroatoms. The van der Waals surface area contributed by atoms with Gasteiger partial charge in [-0.15, -0.1) is 0 Å². The van der Waals surface area contributed by atoms with Crippen LogP contribution in [0.3, 0.4) is 0 Å². The SMILES string of the molecule is CCC1C(=O)CC1C12CC3CC(CC(C3)C1)C2. The number of hydrogen-bond acceptors (Lipinski definition) is 1. The van der Waals surface area contributed by atoms with Crippen LogP contribution < -0.4 is 0 Å². The first-order chi connectivity index (χ1) is 8.20. The lowest BCUT2D eigenvalue weighted by molar-refractivity contribution is -0.158. The zero-order valence-corrected chi connectivity index (χ0v) is 11.0. The standard InChI is InChI=1S/C16H24O/c1-2-13-14(6-15(13)17)16-7-10-3-11(8-16)5-12(4-10)9-16/h10-14H,2-9H2,1H3. The van der Waals surface area contributed by atoms with Crippen molar-refractivity contribution in [2.45, 2.75) is 58.3 Å². The average molecular weight is 232 g/mol. The number of carbonyl (C=O) groups is 1. The Morgan fingerprint density at radius 1 is 1.06 bits per heavy atom. The van der Waals surface area contributed by atoms with Crippen molar-refractivity contribution in [1.82, 2.24) is 0 Å². The van der Waals surface area contributed by atoms with Gasteiger partial charge in [-0.3, -0.25) is 4.79 Å². The molecule has 0 aliphatic heterocycles. The van der Waals surface area contributed by atoms with Crippen LogP contribution in [0.2, 0.25) is 0 Å². The molecule has 0 heterocycles. The lowest BCUT2D eigenvalue weighted by atomic mass is 9.42. The minimum Gasteiger partial charge on any atom is -0.299 e. The van der Waals surface area contributed by atoms with E-state index in [-0.39, 0.29) is 0 Å². The fourth-order valence-electron chi connectivity index (χ4n) is 6.36. The van der Waals surface area contributed by atoms with Crippen LogP contribution in [0.15, 0.2) is 0 Å². The highest BCUT2D eigenvalue weighted by molar-refractivity contribution is 5.87. The minimum atomic E-state index is 0.450. The summed E-state index contributed by atoms with van der Waals surface area (Å²) in [6.45, 7) is 2.22. The van der Waals surface area contributed by atoms with Crippen molar-refractivity contribution in [3.63, 3.8) is 0 Å². The zero-order chi connectivity index (χ0) is 11.6. The molecule has 17 heavy (non-hydrogen) atoms. The van der Waals surface area contributed by atoms with E-state index in [9.17, 15) is 4.79 Å². The summed E-state index contributed by atoms with van der Waals surface area (Å²) >= 11 is 0. The average Bonchev–Trinajstić information content (AvgIpc) is 2.24. The van der Waals surface area contributed by atoms with E-state index in [1.165, 1.54) is 38.5 Å². The van der Waals surface area contributed by atoms with Gasteiger partial charge >= 0.3 is 0 Å². The van der Waals surface area contributed by atoms with Gasteiger partial charge in [0.25, 0.3) is 0 Å². The Morgan fingerprint density at radius 2 is 1.59 bits per heavy atom. The molecule has 0 aromatic carbocycles. The maximum Gasteiger partial charge on any atom is 0.136 e. The van der Waals surface area contributed by atoms with Crippen molar-refractivity contribution in [2.75, 3.05) is 0 Å². The van der Waals surface area contributed by atoms with Crippen LogP contribution in [0.4, 0.5) is 0 Å². The molecule has 5 rings (SSSR count). The second-order valence-electron chi connectivity index (χ2n) is 7.57. The van der Waals surface area contributed by atoms with E-state index in [1.807, 2.05) is 0 Å². The van der Waals surface area contributed by atoms with E-state index in [0.29, 0.717) is 17.1 Å². The number of carbonyl (C=O) groups excluding carboxylic acids is 1. The fourth-order valence-corrected chi connectivity index (χ4v) is 6.36.